The van der Waals surface area contributed by atoms with Crippen LogP contribution in [0.15, 0.2) is 60.7 Å². The normalized spacial score (nSPS) is 11.7. The van der Waals surface area contributed by atoms with Gasteiger partial charge in [0, 0.05) is 41.9 Å². The monoisotopic (exact) mass is 653 g/mol. The molecule has 1 N–H and O–H groups in total. The number of aliphatic hydroxyl groups excluding tert-OH is 1. The average Bonchev–Trinajstić information content (AvgIpc) is 3.52. The summed E-state index contributed by atoms with van der Waals surface area (Å²) in [6, 6.07) is 20.3. The summed E-state index contributed by atoms with van der Waals surface area (Å²) >= 11 is 0. The van der Waals surface area contributed by atoms with Crippen LogP contribution in [0.1, 0.15) is 80.8 Å². The van der Waals surface area contributed by atoms with Crippen LogP contribution in [0.2, 0.25) is 0 Å². The zero-order valence-corrected chi connectivity index (χ0v) is 29.0. The molecule has 48 heavy (non-hydrogen) atoms. The van der Waals surface area contributed by atoms with Gasteiger partial charge >= 0.3 is 11.9 Å². The highest BCUT2D eigenvalue weighted by atomic mass is 16.6. The molecule has 0 saturated heterocycles. The van der Waals surface area contributed by atoms with E-state index in [1.165, 1.54) is 0 Å². The van der Waals surface area contributed by atoms with E-state index in [1.807, 2.05) is 81.8 Å². The molecule has 3 aromatic carbocycles. The molecule has 0 aliphatic rings. The Morgan fingerprint density at radius 3 is 2.42 bits per heavy atom. The summed E-state index contributed by atoms with van der Waals surface area (Å²) < 4.78 is 21.2. The first-order valence-electron chi connectivity index (χ1n) is 16.8. The lowest BCUT2D eigenvalue weighted by molar-refractivity contribution is -0.154. The van der Waals surface area contributed by atoms with E-state index in [9.17, 15) is 14.7 Å². The Morgan fingerprint density at radius 1 is 0.938 bits per heavy atom. The van der Waals surface area contributed by atoms with Crippen LogP contribution >= 0.6 is 0 Å². The lowest BCUT2D eigenvalue weighted by Gasteiger charge is -2.19. The van der Waals surface area contributed by atoms with Crippen LogP contribution in [0, 0.1) is 6.92 Å². The van der Waals surface area contributed by atoms with Crippen molar-refractivity contribution in [2.45, 2.75) is 85.5 Å². The molecule has 9 heteroatoms. The Labute approximate surface area is 282 Å². The smallest absolute Gasteiger partial charge is 0.355 e. The van der Waals surface area contributed by atoms with Gasteiger partial charge in [0.05, 0.1) is 36.7 Å². The van der Waals surface area contributed by atoms with Crippen LogP contribution in [-0.4, -0.2) is 50.2 Å². The molecule has 2 heterocycles. The largest absolute Gasteiger partial charge is 0.493 e. The van der Waals surface area contributed by atoms with Crippen molar-refractivity contribution >= 4 is 33.6 Å². The van der Waals surface area contributed by atoms with Crippen LogP contribution < -0.4 is 4.74 Å². The number of hydrogen-bond acceptors (Lipinski definition) is 7. The molecule has 2 aromatic heterocycles. The van der Waals surface area contributed by atoms with E-state index in [4.69, 9.17) is 14.2 Å². The van der Waals surface area contributed by atoms with E-state index in [0.717, 1.165) is 49.8 Å². The minimum absolute atomic E-state index is 0.178. The number of aryl methyl sites for hydroxylation is 4. The number of carbonyl (C=O) groups is 2. The number of hydrogen-bond donors (Lipinski definition) is 1. The standard InChI is InChI=1S/C39H47N3O6/c1-7-46-38(45)37-30(20-14-24-47-33-21-12-16-27-15-8-9-17-28(27)33)29-18-13-19-31(35-26(2)40-41(6)32(35)25-43)36(29)42(37)23-11-10-22-34(44)48-39(3,4)5/h8-9,12-13,15-19,21,43H,7,10-11,14,20,22-25H2,1-6H3. The van der Waals surface area contributed by atoms with Gasteiger partial charge in [-0.25, -0.2) is 4.79 Å². The number of esters is 2. The third-order valence-electron chi connectivity index (χ3n) is 8.43. The van der Waals surface area contributed by atoms with Gasteiger partial charge in [-0.15, -0.1) is 0 Å². The fourth-order valence-electron chi connectivity index (χ4n) is 6.51. The van der Waals surface area contributed by atoms with Gasteiger partial charge in [-0.1, -0.05) is 54.6 Å². The van der Waals surface area contributed by atoms with Crippen molar-refractivity contribution in [1.29, 1.82) is 0 Å². The molecule has 0 aliphatic heterocycles. The van der Waals surface area contributed by atoms with Gasteiger partial charge < -0.3 is 23.9 Å². The molecular weight excluding hydrogens is 606 g/mol. The molecule has 0 aliphatic carbocycles. The predicted octanol–water partition coefficient (Wildman–Crippen LogP) is 7.70. The van der Waals surface area contributed by atoms with Crippen molar-refractivity contribution in [1.82, 2.24) is 14.3 Å². The third-order valence-corrected chi connectivity index (χ3v) is 8.43. The zero-order valence-electron chi connectivity index (χ0n) is 29.0. The molecule has 5 rings (SSSR count). The zero-order chi connectivity index (χ0) is 34.4. The third kappa shape index (κ3) is 7.57. The van der Waals surface area contributed by atoms with Gasteiger partial charge in [-0.3, -0.25) is 9.48 Å². The van der Waals surface area contributed by atoms with Gasteiger partial charge in [0.2, 0.25) is 0 Å². The minimum Gasteiger partial charge on any atom is -0.493 e. The first kappa shape index (κ1) is 34.7. The molecule has 254 valence electrons. The Bertz CT molecular complexity index is 1910. The maximum absolute atomic E-state index is 13.8. The van der Waals surface area contributed by atoms with Crippen LogP contribution in [0.3, 0.4) is 0 Å². The highest BCUT2D eigenvalue weighted by Gasteiger charge is 2.27. The Kier molecular flexibility index (Phi) is 10.9. The Balaban J connectivity index is 1.53. The molecule has 9 nitrogen and oxygen atoms in total. The second-order valence-electron chi connectivity index (χ2n) is 13.1. The number of nitrogens with zero attached hydrogens (tertiary/aromatic N) is 3. The summed E-state index contributed by atoms with van der Waals surface area (Å²) in [5.41, 5.74) is 4.96. The van der Waals surface area contributed by atoms with E-state index >= 15 is 0 Å². The van der Waals surface area contributed by atoms with Crippen LogP contribution in [0.25, 0.3) is 32.8 Å². The highest BCUT2D eigenvalue weighted by Crippen LogP contribution is 2.38. The van der Waals surface area contributed by atoms with E-state index in [0.29, 0.717) is 50.2 Å². The van der Waals surface area contributed by atoms with Crippen molar-refractivity contribution in [3.05, 3.63) is 83.3 Å². The second kappa shape index (κ2) is 15.1. The van der Waals surface area contributed by atoms with Crippen molar-refractivity contribution in [3.63, 3.8) is 0 Å². The number of para-hydroxylation sites is 1. The molecule has 0 spiro atoms. The maximum Gasteiger partial charge on any atom is 0.355 e. The van der Waals surface area contributed by atoms with E-state index in [2.05, 4.69) is 23.3 Å². The van der Waals surface area contributed by atoms with Crippen molar-refractivity contribution in [2.24, 2.45) is 7.05 Å². The summed E-state index contributed by atoms with van der Waals surface area (Å²) in [6.07, 6.45) is 2.79. The Hall–Kier alpha value is -4.63. The molecular formula is C39H47N3O6. The van der Waals surface area contributed by atoms with Gasteiger partial charge in [-0.2, -0.15) is 5.10 Å². The highest BCUT2D eigenvalue weighted by molar-refractivity contribution is 6.05. The van der Waals surface area contributed by atoms with E-state index in [-0.39, 0.29) is 31.6 Å². The van der Waals surface area contributed by atoms with Gasteiger partial charge in [0.15, 0.2) is 0 Å². The summed E-state index contributed by atoms with van der Waals surface area (Å²) in [5, 5.41) is 18.1. The molecule has 0 bridgehead atoms. The minimum atomic E-state index is -0.544. The SMILES string of the molecule is CCOC(=O)c1c(CCCOc2cccc3ccccc23)c2cccc(-c3c(C)nn(C)c3CO)c2n1CCCCC(=O)OC(C)(C)C. The van der Waals surface area contributed by atoms with E-state index in [1.54, 1.807) is 11.6 Å². The molecule has 0 amide bonds. The number of aromatic nitrogens is 3. The number of ether oxygens (including phenoxy) is 3. The summed E-state index contributed by atoms with van der Waals surface area (Å²) in [6.45, 7) is 10.3. The van der Waals surface area contributed by atoms with Crippen molar-refractivity contribution < 1.29 is 28.9 Å². The van der Waals surface area contributed by atoms with Crippen LogP contribution in [-0.2, 0) is 40.9 Å². The molecule has 0 atom stereocenters. The lowest BCUT2D eigenvalue weighted by Crippen LogP contribution is -2.23. The molecule has 0 fully saturated rings. The van der Waals surface area contributed by atoms with Gasteiger partial charge in [-0.05, 0) is 77.3 Å². The topological polar surface area (TPSA) is 105 Å². The van der Waals surface area contributed by atoms with Gasteiger partial charge in [0.25, 0.3) is 0 Å². The Morgan fingerprint density at radius 2 is 1.67 bits per heavy atom. The van der Waals surface area contributed by atoms with E-state index < -0.39 is 5.60 Å². The van der Waals surface area contributed by atoms with Gasteiger partial charge in [0.1, 0.15) is 17.0 Å². The first-order valence-corrected chi connectivity index (χ1v) is 16.8. The van der Waals surface area contributed by atoms with Crippen LogP contribution in [0.4, 0.5) is 0 Å². The lowest BCUT2D eigenvalue weighted by atomic mass is 9.98. The van der Waals surface area contributed by atoms with Crippen molar-refractivity contribution in [2.75, 3.05) is 13.2 Å². The molecule has 0 radical (unpaired) electrons. The number of rotatable bonds is 14. The molecule has 5 aromatic rings. The average molecular weight is 654 g/mol. The predicted molar refractivity (Wildman–Crippen MR) is 188 cm³/mol. The fraction of sp³-hybridized carbons (Fsp3) is 0.410. The number of aliphatic hydroxyl groups is 1. The number of unbranched alkanes of at least 4 members (excludes halogenated alkanes) is 1. The number of fused-ring (bicyclic) bond motifs is 2. The quantitative estimate of drug-likeness (QED) is 0.0968. The summed E-state index contributed by atoms with van der Waals surface area (Å²) in [7, 11) is 1.82. The molecule has 0 unspecified atom stereocenters. The summed E-state index contributed by atoms with van der Waals surface area (Å²) in [4.78, 5) is 26.3. The molecule has 0 saturated carbocycles. The second-order valence-corrected chi connectivity index (χ2v) is 13.1. The summed E-state index contributed by atoms with van der Waals surface area (Å²) in [5.74, 6) is 0.204. The maximum atomic E-state index is 13.8. The number of benzene rings is 3. The van der Waals surface area contributed by atoms with Crippen molar-refractivity contribution in [3.8, 4) is 16.9 Å². The van der Waals surface area contributed by atoms with Crippen LogP contribution in [0.5, 0.6) is 5.75 Å². The number of carbonyl (C=O) groups excluding carboxylic acids is 2. The fourth-order valence-corrected chi connectivity index (χ4v) is 6.51. The first-order chi connectivity index (χ1) is 23.0.